The molecule has 2 aromatic heterocycles. The van der Waals surface area contributed by atoms with E-state index in [9.17, 15) is 42.8 Å². The van der Waals surface area contributed by atoms with E-state index in [1.807, 2.05) is 72.2 Å². The summed E-state index contributed by atoms with van der Waals surface area (Å²) < 4.78 is 92.6. The highest BCUT2D eigenvalue weighted by Crippen LogP contribution is 2.43. The minimum Gasteiger partial charge on any atom is -0.468 e. The zero-order chi connectivity index (χ0) is 83.4. The molecule has 4 saturated heterocycles. The van der Waals surface area contributed by atoms with Gasteiger partial charge in [0.2, 0.25) is 11.8 Å². The number of likely N-dealkylation sites (tertiary alicyclic amines) is 4. The molecule has 1 N–H and O–H groups in total. The number of methoxy groups -OCH3 is 2. The topological polar surface area (TPSA) is 238 Å². The predicted molar refractivity (Wildman–Crippen MR) is 450 cm³/mol. The SMILES string of the molecule is COC(=O)[C@@H]1CCCN1Cc1cc2nc(-c3cccc(-c4cccc(C5=Nc6cc(CN7CCCC7)cc(C#N)c6C5)c4C)c3C)oc2cc1OC(F)F.COC(=O)[C@@H]1CCCN1Cc1cc2nc(-c3cccc([B]OC(C)(C)C(C)(C)O)c3C)oc2cc1OC(F)F.Cc1c(Br)cccc1C1=Nc2cc(CN3CCCC3)cc(C#N)c2C1. The molecule has 0 unspecified atom stereocenters. The van der Waals surface area contributed by atoms with Gasteiger partial charge in [0.1, 0.15) is 34.6 Å². The highest BCUT2D eigenvalue weighted by Gasteiger charge is 2.38. The van der Waals surface area contributed by atoms with Crippen molar-refractivity contribution < 1.29 is 64.7 Å². The summed E-state index contributed by atoms with van der Waals surface area (Å²) in [6.07, 6.45) is 9.17. The predicted octanol–water partition coefficient (Wildman–Crippen LogP) is 17.9. The number of nitrogens with zero attached hydrogens (tertiary/aromatic N) is 10. The van der Waals surface area contributed by atoms with Crippen LogP contribution in [0.15, 0.2) is 145 Å². The van der Waals surface area contributed by atoms with Crippen molar-refractivity contribution in [3.05, 3.63) is 204 Å². The Kier molecular flexibility index (Phi) is 25.7. The lowest BCUT2D eigenvalue weighted by Crippen LogP contribution is -2.49. The number of aromatic nitrogens is 2. The summed E-state index contributed by atoms with van der Waals surface area (Å²) in [5.41, 5.74) is 20.9. The van der Waals surface area contributed by atoms with E-state index >= 15 is 0 Å². The van der Waals surface area contributed by atoms with E-state index in [0.29, 0.717) is 88.6 Å². The molecule has 16 rings (SSSR count). The third kappa shape index (κ3) is 18.4. The Balaban J connectivity index is 0.000000156. The molecule has 4 fully saturated rings. The van der Waals surface area contributed by atoms with Gasteiger partial charge in [-0.05, 0) is 256 Å². The molecule has 6 aliphatic rings. The second-order valence-corrected chi connectivity index (χ2v) is 32.9. The van der Waals surface area contributed by atoms with E-state index in [0.717, 1.165) is 158 Å². The summed E-state index contributed by atoms with van der Waals surface area (Å²) in [5.74, 6) is -0.0755. The van der Waals surface area contributed by atoms with Crippen LogP contribution in [0.1, 0.15) is 157 Å². The van der Waals surface area contributed by atoms with E-state index in [1.165, 1.54) is 63.2 Å². The Hall–Kier alpha value is -10.4. The fourth-order valence-electron chi connectivity index (χ4n) is 16.6. The number of rotatable bonds is 23. The number of hydrogen-bond acceptors (Lipinski definition) is 20. The molecular formula is C92H95BBrF4N10O10. The summed E-state index contributed by atoms with van der Waals surface area (Å²) in [7, 11) is 4.28. The molecule has 611 valence electrons. The fourth-order valence-corrected chi connectivity index (χ4v) is 17.0. The maximum atomic E-state index is 13.6. The molecule has 1 radical (unpaired) electrons. The zero-order valence-corrected chi connectivity index (χ0v) is 69.6. The van der Waals surface area contributed by atoms with Gasteiger partial charge in [-0.1, -0.05) is 70.5 Å². The molecule has 8 heterocycles. The number of carbonyl (C=O) groups is 2. The highest BCUT2D eigenvalue weighted by atomic mass is 79.9. The number of ether oxygens (including phenoxy) is 4. The number of aliphatic imine (C=N–C) groups is 2. The number of oxazole rings is 2. The number of nitriles is 2. The van der Waals surface area contributed by atoms with Crippen LogP contribution in [-0.4, -0.2) is 156 Å². The van der Waals surface area contributed by atoms with Gasteiger partial charge in [-0.25, -0.2) is 9.97 Å². The van der Waals surface area contributed by atoms with Crippen molar-refractivity contribution in [2.24, 2.45) is 9.98 Å². The number of fused-ring (bicyclic) bond motifs is 4. The van der Waals surface area contributed by atoms with Gasteiger partial charge in [0.15, 0.2) is 11.2 Å². The van der Waals surface area contributed by atoms with E-state index in [-0.39, 0.29) is 36.5 Å². The van der Waals surface area contributed by atoms with Gasteiger partial charge >= 0.3 is 32.6 Å². The van der Waals surface area contributed by atoms with Crippen molar-refractivity contribution in [3.8, 4) is 57.7 Å². The molecule has 8 aromatic carbocycles. The van der Waals surface area contributed by atoms with Crippen LogP contribution < -0.4 is 14.9 Å². The number of carbonyl (C=O) groups excluding carboxylic acids is 2. The number of alkyl halides is 4. The van der Waals surface area contributed by atoms with Crippen LogP contribution >= 0.6 is 15.9 Å². The second kappa shape index (κ2) is 36.0. The largest absolute Gasteiger partial charge is 0.468 e. The van der Waals surface area contributed by atoms with E-state index in [2.05, 4.69) is 105 Å². The molecule has 26 heteroatoms. The molecule has 0 saturated carbocycles. The molecule has 10 aromatic rings. The van der Waals surface area contributed by atoms with Crippen LogP contribution in [0.4, 0.5) is 28.9 Å². The Morgan fingerprint density at radius 1 is 0.551 bits per heavy atom. The first-order valence-electron chi connectivity index (χ1n) is 40.1. The molecule has 2 atom stereocenters. The minimum atomic E-state index is -3.04. The number of benzene rings is 8. The van der Waals surface area contributed by atoms with Gasteiger partial charge < -0.3 is 37.5 Å². The third-order valence-electron chi connectivity index (χ3n) is 23.9. The van der Waals surface area contributed by atoms with Crippen molar-refractivity contribution in [3.63, 3.8) is 0 Å². The van der Waals surface area contributed by atoms with E-state index in [4.69, 9.17) is 47.4 Å². The second-order valence-electron chi connectivity index (χ2n) is 32.1. The fraction of sp³-hybridized carbons (Fsp3) is 0.391. The first kappa shape index (κ1) is 84.1. The molecule has 0 amide bonds. The van der Waals surface area contributed by atoms with Gasteiger partial charge in [0, 0.05) is 94.6 Å². The van der Waals surface area contributed by atoms with Crippen molar-refractivity contribution >= 4 is 85.8 Å². The van der Waals surface area contributed by atoms with Crippen molar-refractivity contribution in [1.29, 1.82) is 10.5 Å². The number of esters is 2. The number of aliphatic hydroxyl groups is 1. The van der Waals surface area contributed by atoms with Gasteiger partial charge in [0.25, 0.3) is 0 Å². The number of halogens is 5. The lowest BCUT2D eigenvalue weighted by atomic mass is 9.79. The van der Waals surface area contributed by atoms with Crippen LogP contribution in [0, 0.1) is 50.4 Å². The molecule has 118 heavy (non-hydrogen) atoms. The first-order valence-corrected chi connectivity index (χ1v) is 40.9. The Morgan fingerprint density at radius 3 is 1.41 bits per heavy atom. The van der Waals surface area contributed by atoms with Crippen LogP contribution in [0.25, 0.3) is 56.2 Å². The molecule has 20 nitrogen and oxygen atoms in total. The smallest absolute Gasteiger partial charge is 0.387 e. The summed E-state index contributed by atoms with van der Waals surface area (Å²) in [4.78, 5) is 52.7. The van der Waals surface area contributed by atoms with Crippen LogP contribution in [0.3, 0.4) is 0 Å². The van der Waals surface area contributed by atoms with Crippen LogP contribution in [-0.2, 0) is 62.7 Å². The Bertz CT molecular complexity index is 5620. The van der Waals surface area contributed by atoms with Crippen molar-refractivity contribution in [2.75, 3.05) is 53.5 Å². The summed E-state index contributed by atoms with van der Waals surface area (Å²) in [6.45, 7) is 17.0. The summed E-state index contributed by atoms with van der Waals surface area (Å²) in [6, 6.07) is 42.5. The lowest BCUT2D eigenvalue weighted by Gasteiger charge is -2.37. The van der Waals surface area contributed by atoms with Gasteiger partial charge in [-0.3, -0.25) is 39.2 Å². The van der Waals surface area contributed by atoms with Crippen molar-refractivity contribution in [1.82, 2.24) is 29.6 Å². The van der Waals surface area contributed by atoms with E-state index < -0.39 is 36.5 Å². The molecule has 6 aliphatic heterocycles. The zero-order valence-electron chi connectivity index (χ0n) is 68.1. The van der Waals surface area contributed by atoms with Gasteiger partial charge in [0.05, 0.1) is 71.5 Å². The molecular weight excluding hydrogens is 1570 g/mol. The number of hydrogen-bond donors (Lipinski definition) is 1. The highest BCUT2D eigenvalue weighted by molar-refractivity contribution is 9.10. The molecule has 0 aliphatic carbocycles. The minimum absolute atomic E-state index is 0.0182. The standard InChI is InChI=1S/C43H41F2N5O4.C28H34BF2N2O6.C21H20BrN3/c1-25-30(9-6-11-32(25)36-20-34-28(22-46)17-27(18-35(34)47-36)23-49-14-4-5-15-49)31-10-7-12-33(26(31)2)41-48-37-19-29(39(54-43(44)45)21-40(37)53-41)24-50-16-8-13-38(50)42(51)52-3;1-16-18(9-7-10-19(16)29-39-28(4,5)27(2,3)35)24-32-20-13-17(22(38-26(30)31)14-23(20)37-24)15-33-12-8-11-21(33)25(34)36-6;1-14-17(5-4-6-19(14)22)21-11-18-16(12-23)9-15(10-20(18)24-21)13-25-7-2-3-8-25/h6-7,9-12,17-19,21,38,43H,4-5,8,13-16,20,23-24H2,1-3H3;7,9-10,13-14,21,26,35H,8,11-12,15H2,1-6H3;4-6,9-10H,2-3,7-8,11,13H2,1H3/t38-;21-;/m00./s1. The Morgan fingerprint density at radius 2 is 0.966 bits per heavy atom. The third-order valence-corrected chi connectivity index (χ3v) is 24.7. The Labute approximate surface area is 693 Å². The van der Waals surface area contributed by atoms with Crippen molar-refractivity contribution in [2.45, 2.75) is 182 Å². The van der Waals surface area contributed by atoms with E-state index in [1.54, 1.807) is 47.3 Å². The average molecular weight is 1670 g/mol. The van der Waals surface area contributed by atoms with Crippen LogP contribution in [0.2, 0.25) is 0 Å². The van der Waals surface area contributed by atoms with Crippen LogP contribution in [0.5, 0.6) is 11.5 Å². The summed E-state index contributed by atoms with van der Waals surface area (Å²) in [5, 5.41) is 30.1. The average Bonchev–Trinajstić information content (AvgIpc) is 1.58. The van der Waals surface area contributed by atoms with Gasteiger partial charge in [-0.2, -0.15) is 28.1 Å². The molecule has 0 bridgehead atoms. The maximum absolute atomic E-state index is 13.6. The quantitative estimate of drug-likeness (QED) is 0.0356. The van der Waals surface area contributed by atoms with Gasteiger partial charge in [-0.15, -0.1) is 0 Å². The summed E-state index contributed by atoms with van der Waals surface area (Å²) >= 11 is 3.60. The monoisotopic (exact) mass is 1670 g/mol. The molecule has 0 spiro atoms. The normalized spacial score (nSPS) is 16.9. The maximum Gasteiger partial charge on any atom is 0.387 e. The first-order chi connectivity index (χ1) is 56.7. The lowest BCUT2D eigenvalue weighted by molar-refractivity contribution is -0.146.